The van der Waals surface area contributed by atoms with Crippen LogP contribution in [0.5, 0.6) is 0 Å². The van der Waals surface area contributed by atoms with Crippen LogP contribution in [0, 0.1) is 6.92 Å². The lowest BCUT2D eigenvalue weighted by atomic mass is 10.3. The van der Waals surface area contributed by atoms with Gasteiger partial charge >= 0.3 is 0 Å². The lowest BCUT2D eigenvalue weighted by molar-refractivity contribution is 0.702. The van der Waals surface area contributed by atoms with Crippen LogP contribution in [0.25, 0.3) is 0 Å². The molecule has 1 aromatic heterocycles. The lowest BCUT2D eigenvalue weighted by Crippen LogP contribution is -2.10. The molecule has 1 aromatic rings. The zero-order chi connectivity index (χ0) is 7.72. The zero-order valence-electron chi connectivity index (χ0n) is 7.03. The number of nitrogens with two attached hydrogens (primary N) is 1. The van der Waals surface area contributed by atoms with Crippen molar-refractivity contribution in [2.24, 2.45) is 12.8 Å². The van der Waals surface area contributed by atoms with E-state index in [1.54, 1.807) is 0 Å². The molecule has 0 spiro atoms. The fraction of sp³-hybridized carbons (Fsp3) is 0.571. The first kappa shape index (κ1) is 10.7. The Labute approximate surface area is 77.4 Å². The third-order valence-electron chi connectivity index (χ3n) is 1.72. The number of imidazole rings is 1. The van der Waals surface area contributed by atoms with Crippen molar-refractivity contribution >= 4 is 17.0 Å². The molecule has 11 heavy (non-hydrogen) atoms. The standard InChI is InChI=1S/C7H13N3.BrH/c1-5(8)7-4-9-6(2)10(7)3;/h4-5H,8H2,1-3H3;1H. The van der Waals surface area contributed by atoms with Gasteiger partial charge in [-0.15, -0.1) is 17.0 Å². The van der Waals surface area contributed by atoms with Crippen molar-refractivity contribution in [3.63, 3.8) is 0 Å². The van der Waals surface area contributed by atoms with E-state index < -0.39 is 0 Å². The largest absolute Gasteiger partial charge is 0.334 e. The highest BCUT2D eigenvalue weighted by Gasteiger charge is 2.05. The first-order valence-corrected chi connectivity index (χ1v) is 3.36. The van der Waals surface area contributed by atoms with Gasteiger partial charge in [-0.2, -0.15) is 0 Å². The molecular formula is C7H14BrN3. The average molecular weight is 220 g/mol. The first-order chi connectivity index (χ1) is 4.63. The Balaban J connectivity index is 0.000001000. The van der Waals surface area contributed by atoms with E-state index in [9.17, 15) is 0 Å². The lowest BCUT2D eigenvalue weighted by Gasteiger charge is -2.05. The van der Waals surface area contributed by atoms with Gasteiger partial charge in [-0.3, -0.25) is 0 Å². The van der Waals surface area contributed by atoms with Crippen molar-refractivity contribution in [3.8, 4) is 0 Å². The van der Waals surface area contributed by atoms with E-state index in [0.29, 0.717) is 0 Å². The van der Waals surface area contributed by atoms with Gasteiger partial charge in [0.1, 0.15) is 5.82 Å². The fourth-order valence-electron chi connectivity index (χ4n) is 0.943. The number of aromatic nitrogens is 2. The number of nitrogens with zero attached hydrogens (tertiary/aromatic N) is 2. The summed E-state index contributed by atoms with van der Waals surface area (Å²) in [6.07, 6.45) is 1.82. The highest BCUT2D eigenvalue weighted by Crippen LogP contribution is 2.08. The SMILES string of the molecule is Br.Cc1ncc(C(C)N)n1C. The van der Waals surface area contributed by atoms with Crippen molar-refractivity contribution in [1.82, 2.24) is 9.55 Å². The van der Waals surface area contributed by atoms with E-state index in [1.165, 1.54) is 0 Å². The highest BCUT2D eigenvalue weighted by atomic mass is 79.9. The third-order valence-corrected chi connectivity index (χ3v) is 1.72. The second-order valence-electron chi connectivity index (χ2n) is 2.58. The number of halogens is 1. The third kappa shape index (κ3) is 2.04. The molecule has 0 saturated heterocycles. The second-order valence-corrected chi connectivity index (χ2v) is 2.58. The zero-order valence-corrected chi connectivity index (χ0v) is 8.75. The maximum atomic E-state index is 5.67. The minimum absolute atomic E-state index is 0. The van der Waals surface area contributed by atoms with E-state index in [4.69, 9.17) is 5.73 Å². The normalized spacial score (nSPS) is 12.4. The van der Waals surface area contributed by atoms with Crippen molar-refractivity contribution < 1.29 is 0 Å². The molecule has 0 saturated carbocycles. The fourth-order valence-corrected chi connectivity index (χ4v) is 0.943. The Morgan fingerprint density at radius 1 is 1.64 bits per heavy atom. The molecule has 64 valence electrons. The molecule has 4 heteroatoms. The molecule has 0 radical (unpaired) electrons. The van der Waals surface area contributed by atoms with Crippen LogP contribution in [0.4, 0.5) is 0 Å². The summed E-state index contributed by atoms with van der Waals surface area (Å²) in [6, 6.07) is 0.0752. The highest BCUT2D eigenvalue weighted by molar-refractivity contribution is 8.93. The van der Waals surface area contributed by atoms with Gasteiger partial charge < -0.3 is 10.3 Å². The van der Waals surface area contributed by atoms with Crippen LogP contribution in [0.1, 0.15) is 24.5 Å². The number of aryl methyl sites for hydroxylation is 1. The molecule has 0 aliphatic rings. The predicted octanol–water partition coefficient (Wildman–Crippen LogP) is 1.33. The maximum absolute atomic E-state index is 5.67. The van der Waals surface area contributed by atoms with Gasteiger partial charge in [-0.05, 0) is 13.8 Å². The summed E-state index contributed by atoms with van der Waals surface area (Å²) in [7, 11) is 1.97. The minimum Gasteiger partial charge on any atom is -0.334 e. The Morgan fingerprint density at radius 2 is 2.18 bits per heavy atom. The summed E-state index contributed by atoms with van der Waals surface area (Å²) in [6.45, 7) is 3.92. The molecule has 1 rings (SSSR count). The number of hydrogen-bond donors (Lipinski definition) is 1. The average Bonchev–Trinajstić information content (AvgIpc) is 2.14. The summed E-state index contributed by atoms with van der Waals surface area (Å²) in [5.41, 5.74) is 6.75. The Morgan fingerprint density at radius 3 is 2.36 bits per heavy atom. The summed E-state index contributed by atoms with van der Waals surface area (Å²) >= 11 is 0. The Bertz CT molecular complexity index is 230. The molecule has 0 aliphatic heterocycles. The summed E-state index contributed by atoms with van der Waals surface area (Å²) in [5.74, 6) is 1.01. The van der Waals surface area contributed by atoms with E-state index in [1.807, 2.05) is 31.7 Å². The molecule has 0 aromatic carbocycles. The van der Waals surface area contributed by atoms with Gasteiger partial charge in [-0.25, -0.2) is 4.98 Å². The van der Waals surface area contributed by atoms with Gasteiger partial charge in [0.25, 0.3) is 0 Å². The van der Waals surface area contributed by atoms with Crippen LogP contribution >= 0.6 is 17.0 Å². The van der Waals surface area contributed by atoms with Crippen molar-refractivity contribution in [2.45, 2.75) is 19.9 Å². The van der Waals surface area contributed by atoms with Crippen molar-refractivity contribution in [1.29, 1.82) is 0 Å². The quantitative estimate of drug-likeness (QED) is 0.775. The van der Waals surface area contributed by atoms with Gasteiger partial charge in [0.2, 0.25) is 0 Å². The number of hydrogen-bond acceptors (Lipinski definition) is 2. The molecule has 1 atom stereocenters. The van der Waals surface area contributed by atoms with Gasteiger partial charge in [0.05, 0.1) is 11.9 Å². The molecule has 3 nitrogen and oxygen atoms in total. The van der Waals surface area contributed by atoms with E-state index in [2.05, 4.69) is 4.98 Å². The Kier molecular flexibility index (Phi) is 3.75. The molecule has 0 amide bonds. The second kappa shape index (κ2) is 3.88. The van der Waals surface area contributed by atoms with E-state index in [0.717, 1.165) is 11.5 Å². The summed E-state index contributed by atoms with van der Waals surface area (Å²) in [5, 5.41) is 0. The molecular weight excluding hydrogens is 206 g/mol. The van der Waals surface area contributed by atoms with Crippen LogP contribution in [0.3, 0.4) is 0 Å². The van der Waals surface area contributed by atoms with Crippen molar-refractivity contribution in [3.05, 3.63) is 17.7 Å². The van der Waals surface area contributed by atoms with Crippen LogP contribution < -0.4 is 5.73 Å². The van der Waals surface area contributed by atoms with Crippen LogP contribution in [-0.2, 0) is 7.05 Å². The molecule has 1 heterocycles. The first-order valence-electron chi connectivity index (χ1n) is 3.36. The maximum Gasteiger partial charge on any atom is 0.105 e. The minimum atomic E-state index is 0. The van der Waals surface area contributed by atoms with Crippen LogP contribution in [0.15, 0.2) is 6.20 Å². The predicted molar refractivity (Wildman–Crippen MR) is 50.9 cm³/mol. The molecule has 1 unspecified atom stereocenters. The van der Waals surface area contributed by atoms with E-state index in [-0.39, 0.29) is 23.0 Å². The molecule has 0 aliphatic carbocycles. The van der Waals surface area contributed by atoms with Crippen LogP contribution in [-0.4, -0.2) is 9.55 Å². The summed E-state index contributed by atoms with van der Waals surface area (Å²) in [4.78, 5) is 4.12. The van der Waals surface area contributed by atoms with Gasteiger partial charge in [0.15, 0.2) is 0 Å². The number of rotatable bonds is 1. The topological polar surface area (TPSA) is 43.8 Å². The molecule has 2 N–H and O–H groups in total. The smallest absolute Gasteiger partial charge is 0.105 e. The molecule has 0 fully saturated rings. The van der Waals surface area contributed by atoms with Gasteiger partial charge in [0, 0.05) is 13.1 Å². The van der Waals surface area contributed by atoms with Crippen molar-refractivity contribution in [2.75, 3.05) is 0 Å². The van der Waals surface area contributed by atoms with Gasteiger partial charge in [-0.1, -0.05) is 0 Å². The Hall–Kier alpha value is -0.350. The van der Waals surface area contributed by atoms with E-state index >= 15 is 0 Å². The van der Waals surface area contributed by atoms with Crippen LogP contribution in [0.2, 0.25) is 0 Å². The monoisotopic (exact) mass is 219 g/mol. The molecule has 0 bridgehead atoms. The summed E-state index contributed by atoms with van der Waals surface area (Å²) < 4.78 is 2.00.